The third-order valence-electron chi connectivity index (χ3n) is 4.62. The van der Waals surface area contributed by atoms with E-state index in [0.717, 1.165) is 29.1 Å². The number of nitrogens with zero attached hydrogens (tertiary/aromatic N) is 2. The van der Waals surface area contributed by atoms with Crippen molar-refractivity contribution in [3.8, 4) is 5.75 Å². The van der Waals surface area contributed by atoms with Crippen molar-refractivity contribution in [2.45, 2.75) is 13.3 Å². The molecule has 4 rings (SSSR count). The van der Waals surface area contributed by atoms with Crippen molar-refractivity contribution < 1.29 is 9.53 Å². The average molecular weight is 415 g/mol. The quantitative estimate of drug-likeness (QED) is 0.385. The predicted molar refractivity (Wildman–Crippen MR) is 122 cm³/mol. The standard InChI is InChI=1S/C25H22N2O2S/c1-19-18-30-25(26-19)27(22-13-6-3-7-14-22)24(28)17-29-23-15-9-8-12-21(23)16-20-10-4-2-5-11-20/h2-15,18H,16-17H2,1H3. The number of carbonyl (C=O) groups excluding carboxylic acids is 1. The summed E-state index contributed by atoms with van der Waals surface area (Å²) >= 11 is 1.45. The number of carbonyl (C=O) groups is 1. The second-order valence-corrected chi connectivity index (χ2v) is 7.73. The Hall–Kier alpha value is -3.44. The van der Waals surface area contributed by atoms with Gasteiger partial charge in [-0.3, -0.25) is 9.69 Å². The molecule has 0 saturated carbocycles. The van der Waals surface area contributed by atoms with Gasteiger partial charge in [-0.2, -0.15) is 0 Å². The Labute approximate surface area is 180 Å². The van der Waals surface area contributed by atoms with Crippen LogP contribution in [-0.4, -0.2) is 17.5 Å². The zero-order chi connectivity index (χ0) is 20.8. The molecule has 0 radical (unpaired) electrons. The summed E-state index contributed by atoms with van der Waals surface area (Å²) in [5, 5.41) is 2.58. The topological polar surface area (TPSA) is 42.4 Å². The molecule has 3 aromatic carbocycles. The molecule has 0 spiro atoms. The molecule has 1 aromatic heterocycles. The summed E-state index contributed by atoms with van der Waals surface area (Å²) in [4.78, 5) is 19.3. The zero-order valence-corrected chi connectivity index (χ0v) is 17.5. The first kappa shape index (κ1) is 19.9. The van der Waals surface area contributed by atoms with Crippen molar-refractivity contribution in [2.75, 3.05) is 11.5 Å². The smallest absolute Gasteiger partial charge is 0.271 e. The van der Waals surface area contributed by atoms with Crippen molar-refractivity contribution in [1.29, 1.82) is 0 Å². The molecule has 0 unspecified atom stereocenters. The van der Waals surface area contributed by atoms with E-state index in [9.17, 15) is 4.79 Å². The maximum Gasteiger partial charge on any atom is 0.271 e. The van der Waals surface area contributed by atoms with Crippen LogP contribution in [0.4, 0.5) is 10.8 Å². The van der Waals surface area contributed by atoms with Crippen LogP contribution in [0.1, 0.15) is 16.8 Å². The molecule has 0 aliphatic carbocycles. The van der Waals surface area contributed by atoms with Crippen LogP contribution in [-0.2, 0) is 11.2 Å². The molecule has 0 aliphatic heterocycles. The van der Waals surface area contributed by atoms with E-state index in [-0.39, 0.29) is 12.5 Å². The number of benzene rings is 3. The van der Waals surface area contributed by atoms with Gasteiger partial charge in [0.1, 0.15) is 5.75 Å². The van der Waals surface area contributed by atoms with Gasteiger partial charge in [0, 0.05) is 11.8 Å². The summed E-state index contributed by atoms with van der Waals surface area (Å²) < 4.78 is 5.99. The minimum Gasteiger partial charge on any atom is -0.483 e. The largest absolute Gasteiger partial charge is 0.483 e. The Balaban J connectivity index is 1.53. The van der Waals surface area contributed by atoms with Crippen LogP contribution in [0.5, 0.6) is 5.75 Å². The van der Waals surface area contributed by atoms with Gasteiger partial charge in [-0.1, -0.05) is 66.7 Å². The number of para-hydroxylation sites is 2. The fourth-order valence-electron chi connectivity index (χ4n) is 3.19. The molecule has 1 amide bonds. The molecule has 0 bridgehead atoms. The van der Waals surface area contributed by atoms with Crippen LogP contribution in [0.25, 0.3) is 0 Å². The molecule has 0 N–H and O–H groups in total. The molecule has 0 fully saturated rings. The average Bonchev–Trinajstić information content (AvgIpc) is 3.20. The number of ether oxygens (including phenoxy) is 1. The lowest BCUT2D eigenvalue weighted by Gasteiger charge is -2.20. The molecule has 0 atom stereocenters. The van der Waals surface area contributed by atoms with E-state index < -0.39 is 0 Å². The maximum atomic E-state index is 13.2. The summed E-state index contributed by atoms with van der Waals surface area (Å²) in [5.74, 6) is 0.558. The van der Waals surface area contributed by atoms with Gasteiger partial charge < -0.3 is 4.74 Å². The van der Waals surface area contributed by atoms with Gasteiger partial charge >= 0.3 is 0 Å². The van der Waals surface area contributed by atoms with Crippen LogP contribution >= 0.6 is 11.3 Å². The van der Waals surface area contributed by atoms with Gasteiger partial charge in [-0.05, 0) is 36.2 Å². The zero-order valence-electron chi connectivity index (χ0n) is 16.7. The highest BCUT2D eigenvalue weighted by molar-refractivity contribution is 7.14. The lowest BCUT2D eigenvalue weighted by atomic mass is 10.0. The number of rotatable bonds is 7. The number of aryl methyl sites for hydroxylation is 1. The van der Waals surface area contributed by atoms with E-state index in [4.69, 9.17) is 4.74 Å². The number of thiazole rings is 1. The van der Waals surface area contributed by atoms with Crippen LogP contribution in [0.2, 0.25) is 0 Å². The molecule has 4 nitrogen and oxygen atoms in total. The minimum atomic E-state index is -0.162. The lowest BCUT2D eigenvalue weighted by molar-refractivity contribution is -0.119. The van der Waals surface area contributed by atoms with Crippen molar-refractivity contribution in [1.82, 2.24) is 4.98 Å². The number of hydrogen-bond donors (Lipinski definition) is 0. The van der Waals surface area contributed by atoms with Gasteiger partial charge in [0.15, 0.2) is 11.7 Å². The number of amides is 1. The van der Waals surface area contributed by atoms with Crippen molar-refractivity contribution in [3.63, 3.8) is 0 Å². The van der Waals surface area contributed by atoms with E-state index in [1.807, 2.05) is 85.1 Å². The predicted octanol–water partition coefficient (Wildman–Crippen LogP) is 5.79. The molecular formula is C25H22N2O2S. The SMILES string of the molecule is Cc1csc(N(C(=O)COc2ccccc2Cc2ccccc2)c2ccccc2)n1. The first-order valence-corrected chi connectivity index (χ1v) is 10.6. The number of anilines is 2. The van der Waals surface area contributed by atoms with Gasteiger partial charge in [0.2, 0.25) is 0 Å². The second-order valence-electron chi connectivity index (χ2n) is 6.89. The fraction of sp³-hybridized carbons (Fsp3) is 0.120. The Morgan fingerprint density at radius 3 is 2.30 bits per heavy atom. The highest BCUT2D eigenvalue weighted by atomic mass is 32.1. The molecule has 4 aromatic rings. The normalized spacial score (nSPS) is 10.6. The first-order chi connectivity index (χ1) is 14.7. The molecular weight excluding hydrogens is 392 g/mol. The van der Waals surface area contributed by atoms with E-state index in [1.165, 1.54) is 16.9 Å². The number of hydrogen-bond acceptors (Lipinski definition) is 4. The van der Waals surface area contributed by atoms with Crippen LogP contribution in [0.15, 0.2) is 90.3 Å². The summed E-state index contributed by atoms with van der Waals surface area (Å²) in [5.41, 5.74) is 3.91. The minimum absolute atomic E-state index is 0.0701. The van der Waals surface area contributed by atoms with E-state index in [2.05, 4.69) is 17.1 Å². The molecule has 150 valence electrons. The van der Waals surface area contributed by atoms with Crippen LogP contribution in [0, 0.1) is 6.92 Å². The van der Waals surface area contributed by atoms with Gasteiger partial charge in [-0.25, -0.2) is 4.98 Å². The van der Waals surface area contributed by atoms with Gasteiger partial charge in [0.05, 0.1) is 11.4 Å². The summed E-state index contributed by atoms with van der Waals surface area (Å²) in [7, 11) is 0. The molecule has 1 heterocycles. The highest BCUT2D eigenvalue weighted by Crippen LogP contribution is 2.29. The Kier molecular flexibility index (Phi) is 6.20. The third kappa shape index (κ3) is 4.75. The monoisotopic (exact) mass is 414 g/mol. The Bertz CT molecular complexity index is 1110. The fourth-order valence-corrected chi connectivity index (χ4v) is 4.03. The molecule has 5 heteroatoms. The van der Waals surface area contributed by atoms with Gasteiger partial charge in [-0.15, -0.1) is 11.3 Å². The maximum absolute atomic E-state index is 13.2. The summed E-state index contributed by atoms with van der Waals surface area (Å²) in [6.07, 6.45) is 0.749. The first-order valence-electron chi connectivity index (χ1n) is 9.75. The van der Waals surface area contributed by atoms with E-state index in [0.29, 0.717) is 5.13 Å². The summed E-state index contributed by atoms with van der Waals surface area (Å²) in [6.45, 7) is 1.85. The lowest BCUT2D eigenvalue weighted by Crippen LogP contribution is -2.31. The molecule has 0 aliphatic rings. The third-order valence-corrected chi connectivity index (χ3v) is 5.57. The van der Waals surface area contributed by atoms with Gasteiger partial charge in [0.25, 0.3) is 5.91 Å². The summed E-state index contributed by atoms with van der Waals surface area (Å²) in [6, 6.07) is 27.6. The Morgan fingerprint density at radius 1 is 0.933 bits per heavy atom. The van der Waals surface area contributed by atoms with E-state index in [1.54, 1.807) is 4.90 Å². The van der Waals surface area contributed by atoms with Crippen molar-refractivity contribution in [2.24, 2.45) is 0 Å². The van der Waals surface area contributed by atoms with Crippen molar-refractivity contribution >= 4 is 28.1 Å². The second kappa shape index (κ2) is 9.37. The van der Waals surface area contributed by atoms with Crippen molar-refractivity contribution in [3.05, 3.63) is 107 Å². The number of aromatic nitrogens is 1. The van der Waals surface area contributed by atoms with Crippen LogP contribution in [0.3, 0.4) is 0 Å². The van der Waals surface area contributed by atoms with E-state index >= 15 is 0 Å². The van der Waals surface area contributed by atoms with Crippen LogP contribution < -0.4 is 9.64 Å². The highest BCUT2D eigenvalue weighted by Gasteiger charge is 2.21. The Morgan fingerprint density at radius 2 is 1.60 bits per heavy atom. The molecule has 0 saturated heterocycles. The molecule has 30 heavy (non-hydrogen) atoms.